The molecule has 1 amide bonds. The highest BCUT2D eigenvalue weighted by atomic mass is 16.5. The molecule has 2 aliphatic heterocycles. The van der Waals surface area contributed by atoms with Crippen LogP contribution in [0.25, 0.3) is 0 Å². The van der Waals surface area contributed by atoms with E-state index in [-0.39, 0.29) is 17.9 Å². The number of nitrogens with zero attached hydrogens (tertiary/aromatic N) is 3. The van der Waals surface area contributed by atoms with Crippen LogP contribution >= 0.6 is 0 Å². The number of piperidine rings is 1. The van der Waals surface area contributed by atoms with Crippen molar-refractivity contribution in [3.8, 4) is 6.01 Å². The molecule has 7 nitrogen and oxygen atoms in total. The Balaban J connectivity index is 1.56. The van der Waals surface area contributed by atoms with Gasteiger partial charge in [-0.1, -0.05) is 0 Å². The van der Waals surface area contributed by atoms with Crippen molar-refractivity contribution in [1.29, 1.82) is 0 Å². The van der Waals surface area contributed by atoms with E-state index in [1.54, 1.807) is 7.11 Å². The lowest BCUT2D eigenvalue weighted by molar-refractivity contribution is -0.123. The molecular formula is C17H26N4O3. The normalized spacial score (nSPS) is 25.0. The number of carbonyl (C=O) groups is 1. The molecule has 1 aromatic rings. The third kappa shape index (κ3) is 3.77. The van der Waals surface area contributed by atoms with Gasteiger partial charge in [0.25, 0.3) is 0 Å². The maximum Gasteiger partial charge on any atom is 0.318 e. The number of rotatable bonds is 5. The lowest BCUT2D eigenvalue weighted by Gasteiger charge is -2.34. The van der Waals surface area contributed by atoms with Gasteiger partial charge in [-0.25, -0.2) is 4.98 Å². The Morgan fingerprint density at radius 2 is 2.12 bits per heavy atom. The summed E-state index contributed by atoms with van der Waals surface area (Å²) in [6.45, 7) is 4.48. The second-order valence-electron chi connectivity index (χ2n) is 6.73. The minimum atomic E-state index is -0.224. The average molecular weight is 334 g/mol. The van der Waals surface area contributed by atoms with E-state index in [0.29, 0.717) is 18.5 Å². The van der Waals surface area contributed by atoms with Crippen molar-refractivity contribution in [2.45, 2.75) is 38.7 Å². The molecule has 132 valence electrons. The molecule has 24 heavy (non-hydrogen) atoms. The summed E-state index contributed by atoms with van der Waals surface area (Å²) in [5, 5.41) is 0. The number of hydrogen-bond donors (Lipinski definition) is 1. The molecule has 0 radical (unpaired) electrons. The van der Waals surface area contributed by atoms with E-state index in [2.05, 4.69) is 14.9 Å². The molecule has 2 atom stereocenters. The summed E-state index contributed by atoms with van der Waals surface area (Å²) in [6.07, 6.45) is 3.82. The van der Waals surface area contributed by atoms with E-state index in [1.165, 1.54) is 0 Å². The molecule has 1 aromatic heterocycles. The van der Waals surface area contributed by atoms with Crippen LogP contribution in [-0.4, -0.2) is 48.8 Å². The second-order valence-corrected chi connectivity index (χ2v) is 6.73. The number of carbonyl (C=O) groups excluding carboxylic acids is 1. The Bertz CT molecular complexity index is 587. The Labute approximate surface area is 142 Å². The van der Waals surface area contributed by atoms with Gasteiger partial charge in [0.05, 0.1) is 19.1 Å². The first-order valence-electron chi connectivity index (χ1n) is 8.62. The van der Waals surface area contributed by atoms with Gasteiger partial charge in [0.15, 0.2) is 0 Å². The van der Waals surface area contributed by atoms with Gasteiger partial charge in [0.2, 0.25) is 5.91 Å². The Kier molecular flexibility index (Phi) is 5.18. The van der Waals surface area contributed by atoms with Crippen LogP contribution < -0.4 is 15.4 Å². The fourth-order valence-corrected chi connectivity index (χ4v) is 3.71. The van der Waals surface area contributed by atoms with Gasteiger partial charge in [-0.05, 0) is 38.5 Å². The van der Waals surface area contributed by atoms with Crippen LogP contribution in [-0.2, 0) is 9.53 Å². The van der Waals surface area contributed by atoms with Gasteiger partial charge >= 0.3 is 6.01 Å². The summed E-state index contributed by atoms with van der Waals surface area (Å²) in [6, 6.07) is 2.40. The molecule has 0 spiro atoms. The molecule has 3 heterocycles. The summed E-state index contributed by atoms with van der Waals surface area (Å²) < 4.78 is 10.9. The molecule has 2 aliphatic rings. The Morgan fingerprint density at radius 3 is 2.79 bits per heavy atom. The minimum Gasteiger partial charge on any atom is -0.467 e. The molecule has 0 aromatic carbocycles. The molecule has 0 bridgehead atoms. The average Bonchev–Trinajstić information content (AvgIpc) is 3.03. The number of amides is 1. The number of aryl methyl sites for hydroxylation is 1. The molecule has 2 saturated heterocycles. The van der Waals surface area contributed by atoms with E-state index in [1.807, 2.05) is 13.0 Å². The van der Waals surface area contributed by atoms with Crippen molar-refractivity contribution in [1.82, 2.24) is 9.97 Å². The summed E-state index contributed by atoms with van der Waals surface area (Å²) in [7, 11) is 1.58. The van der Waals surface area contributed by atoms with Gasteiger partial charge in [-0.2, -0.15) is 4.98 Å². The smallest absolute Gasteiger partial charge is 0.318 e. The van der Waals surface area contributed by atoms with Crippen LogP contribution in [0.4, 0.5) is 5.82 Å². The Hall–Kier alpha value is -1.89. The first-order chi connectivity index (χ1) is 11.6. The predicted octanol–water partition coefficient (Wildman–Crippen LogP) is 1.29. The first kappa shape index (κ1) is 17.0. The van der Waals surface area contributed by atoms with E-state index in [0.717, 1.165) is 50.3 Å². The minimum absolute atomic E-state index is 0.000406. The van der Waals surface area contributed by atoms with Crippen molar-refractivity contribution >= 4 is 11.7 Å². The highest BCUT2D eigenvalue weighted by molar-refractivity contribution is 5.77. The van der Waals surface area contributed by atoms with Crippen LogP contribution in [0.1, 0.15) is 31.4 Å². The number of anilines is 1. The van der Waals surface area contributed by atoms with Crippen LogP contribution in [0.3, 0.4) is 0 Å². The van der Waals surface area contributed by atoms with Crippen molar-refractivity contribution in [3.63, 3.8) is 0 Å². The zero-order chi connectivity index (χ0) is 17.1. The molecule has 7 heteroatoms. The molecule has 2 fully saturated rings. The summed E-state index contributed by atoms with van der Waals surface area (Å²) >= 11 is 0. The topological polar surface area (TPSA) is 90.6 Å². The van der Waals surface area contributed by atoms with E-state index in [9.17, 15) is 4.79 Å². The van der Waals surface area contributed by atoms with Crippen molar-refractivity contribution < 1.29 is 14.3 Å². The zero-order valence-corrected chi connectivity index (χ0v) is 14.4. The first-order valence-corrected chi connectivity index (χ1v) is 8.62. The summed E-state index contributed by atoms with van der Waals surface area (Å²) in [5.41, 5.74) is 6.38. The molecule has 3 rings (SSSR count). The third-order valence-corrected chi connectivity index (χ3v) is 5.08. The highest BCUT2D eigenvalue weighted by Gasteiger charge is 2.35. The van der Waals surface area contributed by atoms with Crippen molar-refractivity contribution in [2.24, 2.45) is 17.6 Å². The molecule has 2 N–H and O–H groups in total. The van der Waals surface area contributed by atoms with Gasteiger partial charge in [-0.15, -0.1) is 0 Å². The lowest BCUT2D eigenvalue weighted by atomic mass is 9.86. The van der Waals surface area contributed by atoms with Crippen LogP contribution in [0.2, 0.25) is 0 Å². The summed E-state index contributed by atoms with van der Waals surface area (Å²) in [4.78, 5) is 22.4. The van der Waals surface area contributed by atoms with Gasteiger partial charge < -0.3 is 20.1 Å². The van der Waals surface area contributed by atoms with E-state index in [4.69, 9.17) is 15.2 Å². The maximum atomic E-state index is 11.5. The fraction of sp³-hybridized carbons (Fsp3) is 0.706. The number of nitrogens with two attached hydrogens (primary N) is 1. The second kappa shape index (κ2) is 7.34. The zero-order valence-electron chi connectivity index (χ0n) is 14.4. The fourth-order valence-electron chi connectivity index (χ4n) is 3.71. The maximum absolute atomic E-state index is 11.5. The monoisotopic (exact) mass is 334 g/mol. The van der Waals surface area contributed by atoms with Gasteiger partial charge in [0.1, 0.15) is 5.82 Å². The van der Waals surface area contributed by atoms with Crippen molar-refractivity contribution in [2.75, 3.05) is 31.7 Å². The number of primary amides is 1. The standard InChI is InChI=1S/C17H26N4O3/c1-11-9-15(20-17(19-11)23-2)21-6-3-12(4-7-21)10-14-13(16(18)22)5-8-24-14/h9,12-14H,3-8,10H2,1-2H3,(H2,18,22)/t13-,14-/m1/s1. The molecular weight excluding hydrogens is 308 g/mol. The quantitative estimate of drug-likeness (QED) is 0.872. The van der Waals surface area contributed by atoms with Crippen LogP contribution in [0, 0.1) is 18.8 Å². The Morgan fingerprint density at radius 1 is 1.38 bits per heavy atom. The van der Waals surface area contributed by atoms with Gasteiger partial charge in [-0.3, -0.25) is 4.79 Å². The largest absolute Gasteiger partial charge is 0.467 e. The number of ether oxygens (including phenoxy) is 2. The third-order valence-electron chi connectivity index (χ3n) is 5.08. The number of methoxy groups -OCH3 is 1. The number of aromatic nitrogens is 2. The molecule has 0 aliphatic carbocycles. The van der Waals surface area contributed by atoms with Crippen LogP contribution in [0.15, 0.2) is 6.07 Å². The number of hydrogen-bond acceptors (Lipinski definition) is 6. The highest BCUT2D eigenvalue weighted by Crippen LogP contribution is 2.31. The van der Waals surface area contributed by atoms with E-state index < -0.39 is 0 Å². The molecule has 0 unspecified atom stereocenters. The van der Waals surface area contributed by atoms with Crippen LogP contribution in [0.5, 0.6) is 6.01 Å². The van der Waals surface area contributed by atoms with Crippen molar-refractivity contribution in [3.05, 3.63) is 11.8 Å². The van der Waals surface area contributed by atoms with Gasteiger partial charge in [0, 0.05) is 31.5 Å². The predicted molar refractivity (Wildman–Crippen MR) is 89.9 cm³/mol. The lowest BCUT2D eigenvalue weighted by Crippen LogP contribution is -2.37. The van der Waals surface area contributed by atoms with E-state index >= 15 is 0 Å². The SMILES string of the molecule is COc1nc(C)cc(N2CCC(C[C@H]3OCC[C@H]3C(N)=O)CC2)n1. The summed E-state index contributed by atoms with van der Waals surface area (Å²) in [5.74, 6) is 1.15. The molecule has 0 saturated carbocycles.